The van der Waals surface area contributed by atoms with Gasteiger partial charge in [0.25, 0.3) is 5.91 Å². The van der Waals surface area contributed by atoms with Gasteiger partial charge in [-0.05, 0) is 32.9 Å². The fourth-order valence-corrected chi connectivity index (χ4v) is 2.20. The Morgan fingerprint density at radius 1 is 1.45 bits per heavy atom. The number of nitrogens with two attached hydrogens (primary N) is 1. The molecule has 1 aliphatic heterocycles. The van der Waals surface area contributed by atoms with Gasteiger partial charge < -0.3 is 10.6 Å². The van der Waals surface area contributed by atoms with E-state index in [2.05, 4.69) is 10.3 Å². The Balaban J connectivity index is 2.51. The highest BCUT2D eigenvalue weighted by atomic mass is 32.1. The van der Waals surface area contributed by atoms with Crippen molar-refractivity contribution in [3.8, 4) is 0 Å². The summed E-state index contributed by atoms with van der Waals surface area (Å²) in [6.07, 6.45) is 0. The molecule has 2 heterocycles. The zero-order valence-corrected chi connectivity index (χ0v) is 12.4. The number of hydrogen-bond acceptors (Lipinski definition) is 5. The number of imide groups is 1. The van der Waals surface area contributed by atoms with E-state index < -0.39 is 5.54 Å². The minimum atomic E-state index is -0.873. The third kappa shape index (κ3) is 2.49. The zero-order valence-electron chi connectivity index (χ0n) is 11.6. The van der Waals surface area contributed by atoms with Crippen molar-refractivity contribution in [2.45, 2.75) is 26.3 Å². The van der Waals surface area contributed by atoms with Gasteiger partial charge in [0.15, 0.2) is 0 Å². The molecule has 6 nitrogen and oxygen atoms in total. The van der Waals surface area contributed by atoms with Gasteiger partial charge in [-0.1, -0.05) is 12.2 Å². The summed E-state index contributed by atoms with van der Waals surface area (Å²) < 4.78 is 0. The van der Waals surface area contributed by atoms with Gasteiger partial charge in [-0.15, -0.1) is 0 Å². The van der Waals surface area contributed by atoms with Crippen molar-refractivity contribution in [2.75, 3.05) is 11.4 Å². The van der Waals surface area contributed by atoms with E-state index in [1.54, 1.807) is 30.9 Å². The molecule has 2 amide bonds. The lowest BCUT2D eigenvalue weighted by atomic mass is 9.98. The first-order chi connectivity index (χ1) is 9.21. The number of hydrogen-bond donors (Lipinski definition) is 2. The van der Waals surface area contributed by atoms with Crippen LogP contribution in [0.15, 0.2) is 12.1 Å². The van der Waals surface area contributed by atoms with Crippen LogP contribution in [0.2, 0.25) is 0 Å². The van der Waals surface area contributed by atoms with Crippen LogP contribution in [0.3, 0.4) is 0 Å². The Labute approximate surface area is 122 Å². The summed E-state index contributed by atoms with van der Waals surface area (Å²) in [6, 6.07) is 3.47. The third-order valence-corrected chi connectivity index (χ3v) is 3.52. The molecule has 0 aromatic carbocycles. The van der Waals surface area contributed by atoms with Gasteiger partial charge in [-0.3, -0.25) is 14.9 Å². The molecular weight excluding hydrogens is 276 g/mol. The molecule has 0 radical (unpaired) electrons. The van der Waals surface area contributed by atoms with Crippen LogP contribution in [-0.4, -0.2) is 33.9 Å². The van der Waals surface area contributed by atoms with Crippen LogP contribution in [0.5, 0.6) is 0 Å². The summed E-state index contributed by atoms with van der Waals surface area (Å²) in [5, 5.41) is 2.32. The third-order valence-electron chi connectivity index (χ3n) is 3.29. The predicted molar refractivity (Wildman–Crippen MR) is 79.4 cm³/mol. The fraction of sp³-hybridized carbons (Fsp3) is 0.385. The standard InChI is InChI=1S/C13H16N4O2S/c1-7-4-8(11(14)20)5-9(15-7)17-6-10(18)16-12(19)13(17,2)3/h4-5H,6H2,1-3H3,(H2,14,20)(H,16,18,19). The molecule has 0 bridgehead atoms. The summed E-state index contributed by atoms with van der Waals surface area (Å²) in [4.78, 5) is 29.8. The average molecular weight is 292 g/mol. The molecular formula is C13H16N4O2S. The minimum absolute atomic E-state index is 0.0615. The smallest absolute Gasteiger partial charge is 0.251 e. The quantitative estimate of drug-likeness (QED) is 0.601. The summed E-state index contributed by atoms with van der Waals surface area (Å²) in [6.45, 7) is 5.34. The Morgan fingerprint density at radius 2 is 2.10 bits per heavy atom. The van der Waals surface area contributed by atoms with Crippen molar-refractivity contribution in [1.29, 1.82) is 0 Å². The molecule has 0 spiro atoms. The number of nitrogens with zero attached hydrogens (tertiary/aromatic N) is 2. The predicted octanol–water partition coefficient (Wildman–Crippen LogP) is 0.266. The van der Waals surface area contributed by atoms with Gasteiger partial charge in [0.2, 0.25) is 5.91 Å². The van der Waals surface area contributed by atoms with Crippen molar-refractivity contribution in [2.24, 2.45) is 5.73 Å². The molecule has 106 valence electrons. The van der Waals surface area contributed by atoms with Gasteiger partial charge in [-0.2, -0.15) is 0 Å². The second-order valence-corrected chi connectivity index (χ2v) is 5.68. The topological polar surface area (TPSA) is 88.3 Å². The number of pyridine rings is 1. The maximum atomic E-state index is 12.0. The van der Waals surface area contributed by atoms with Crippen molar-refractivity contribution in [1.82, 2.24) is 10.3 Å². The molecule has 0 aliphatic carbocycles. The van der Waals surface area contributed by atoms with E-state index in [0.717, 1.165) is 5.69 Å². The summed E-state index contributed by atoms with van der Waals surface area (Å²) >= 11 is 4.97. The molecule has 0 saturated carbocycles. The number of carbonyl (C=O) groups excluding carboxylic acids is 2. The van der Waals surface area contributed by atoms with E-state index in [9.17, 15) is 9.59 Å². The maximum Gasteiger partial charge on any atom is 0.251 e. The van der Waals surface area contributed by atoms with Gasteiger partial charge in [0.05, 0.1) is 6.54 Å². The number of piperazine rings is 1. The molecule has 0 unspecified atom stereocenters. The first kappa shape index (κ1) is 14.4. The number of aromatic nitrogens is 1. The Bertz CT molecular complexity index is 612. The molecule has 2 rings (SSSR count). The minimum Gasteiger partial charge on any atom is -0.389 e. The highest BCUT2D eigenvalue weighted by Gasteiger charge is 2.41. The lowest BCUT2D eigenvalue weighted by Crippen LogP contribution is -2.64. The monoisotopic (exact) mass is 292 g/mol. The number of aryl methyl sites for hydroxylation is 1. The molecule has 3 N–H and O–H groups in total. The van der Waals surface area contributed by atoms with E-state index in [4.69, 9.17) is 18.0 Å². The number of amides is 2. The van der Waals surface area contributed by atoms with Crippen molar-refractivity contribution >= 4 is 34.8 Å². The molecule has 20 heavy (non-hydrogen) atoms. The van der Waals surface area contributed by atoms with Crippen LogP contribution < -0.4 is 16.0 Å². The van der Waals surface area contributed by atoms with Crippen LogP contribution in [0, 0.1) is 6.92 Å². The van der Waals surface area contributed by atoms with Crippen molar-refractivity contribution in [3.05, 3.63) is 23.4 Å². The largest absolute Gasteiger partial charge is 0.389 e. The van der Waals surface area contributed by atoms with Crippen LogP contribution in [-0.2, 0) is 9.59 Å². The summed E-state index contributed by atoms with van der Waals surface area (Å²) in [7, 11) is 0. The second-order valence-electron chi connectivity index (χ2n) is 5.24. The zero-order chi connectivity index (χ0) is 15.1. The lowest BCUT2D eigenvalue weighted by molar-refractivity contribution is -0.135. The summed E-state index contributed by atoms with van der Waals surface area (Å²) in [5.41, 5.74) is 6.15. The summed E-state index contributed by atoms with van der Waals surface area (Å²) in [5.74, 6) is -0.190. The first-order valence-corrected chi connectivity index (χ1v) is 6.53. The van der Waals surface area contributed by atoms with E-state index in [-0.39, 0.29) is 23.3 Å². The first-order valence-electron chi connectivity index (χ1n) is 6.12. The van der Waals surface area contributed by atoms with E-state index in [1.807, 2.05) is 6.92 Å². The highest BCUT2D eigenvalue weighted by molar-refractivity contribution is 7.80. The molecule has 1 fully saturated rings. The Morgan fingerprint density at radius 3 is 2.70 bits per heavy atom. The van der Waals surface area contributed by atoms with E-state index >= 15 is 0 Å². The number of anilines is 1. The number of thiocarbonyl (C=S) groups is 1. The SMILES string of the molecule is Cc1cc(C(N)=S)cc(N2CC(=O)NC(=O)C2(C)C)n1. The van der Waals surface area contributed by atoms with Gasteiger partial charge >= 0.3 is 0 Å². The molecule has 1 saturated heterocycles. The van der Waals surface area contributed by atoms with Gasteiger partial charge in [0.1, 0.15) is 16.3 Å². The fourth-order valence-electron chi connectivity index (χ4n) is 2.08. The van der Waals surface area contributed by atoms with Gasteiger partial charge in [0, 0.05) is 11.3 Å². The second kappa shape index (κ2) is 4.82. The van der Waals surface area contributed by atoms with Crippen LogP contribution >= 0.6 is 12.2 Å². The molecule has 0 atom stereocenters. The molecule has 7 heteroatoms. The van der Waals surface area contributed by atoms with Gasteiger partial charge in [-0.25, -0.2) is 4.98 Å². The maximum absolute atomic E-state index is 12.0. The molecule has 1 aliphatic rings. The Hall–Kier alpha value is -2.02. The van der Waals surface area contributed by atoms with Crippen molar-refractivity contribution < 1.29 is 9.59 Å². The van der Waals surface area contributed by atoms with Crippen molar-refractivity contribution in [3.63, 3.8) is 0 Å². The normalized spacial score (nSPS) is 17.9. The highest BCUT2D eigenvalue weighted by Crippen LogP contribution is 2.26. The number of nitrogens with one attached hydrogen (secondary N) is 1. The van der Waals surface area contributed by atoms with E-state index in [0.29, 0.717) is 11.4 Å². The molecule has 1 aromatic heterocycles. The van der Waals surface area contributed by atoms with E-state index in [1.165, 1.54) is 0 Å². The molecule has 1 aromatic rings. The lowest BCUT2D eigenvalue weighted by Gasteiger charge is -2.41. The van der Waals surface area contributed by atoms with Crippen LogP contribution in [0.1, 0.15) is 25.1 Å². The number of rotatable bonds is 2. The van der Waals surface area contributed by atoms with Crippen LogP contribution in [0.4, 0.5) is 5.82 Å². The average Bonchev–Trinajstić information content (AvgIpc) is 2.33. The Kier molecular flexibility index (Phi) is 3.47. The number of carbonyl (C=O) groups is 2. The van der Waals surface area contributed by atoms with Crippen LogP contribution in [0.25, 0.3) is 0 Å².